The molecule has 0 saturated carbocycles. The van der Waals surface area contributed by atoms with Gasteiger partial charge in [-0.2, -0.15) is 0 Å². The highest BCUT2D eigenvalue weighted by Gasteiger charge is 2.27. The summed E-state index contributed by atoms with van der Waals surface area (Å²) in [7, 11) is 0. The van der Waals surface area contributed by atoms with Crippen molar-refractivity contribution in [2.75, 3.05) is 6.51 Å². The van der Waals surface area contributed by atoms with E-state index < -0.39 is 19.1 Å². The molecule has 1 nitrogen and oxygen atoms in total. The molecule has 0 spiro atoms. The maximum Gasteiger partial charge on any atom is 0.503 e. The van der Waals surface area contributed by atoms with E-state index in [1.54, 1.807) is 20.8 Å². The van der Waals surface area contributed by atoms with Crippen molar-refractivity contribution in [3.8, 4) is 0 Å². The zero-order valence-electron chi connectivity index (χ0n) is 7.03. The van der Waals surface area contributed by atoms with Gasteiger partial charge in [0, 0.05) is 6.51 Å². The molecule has 0 amide bonds. The van der Waals surface area contributed by atoms with Gasteiger partial charge in [0.05, 0.1) is 5.60 Å². The Morgan fingerprint density at radius 2 is 1.73 bits per heavy atom. The van der Waals surface area contributed by atoms with E-state index in [0.717, 1.165) is 0 Å². The van der Waals surface area contributed by atoms with Crippen molar-refractivity contribution in [2.45, 2.75) is 32.8 Å². The molecule has 0 aliphatic heterocycles. The fourth-order valence-electron chi connectivity index (χ4n) is 0.422. The Hall–Kier alpha value is -0.185. The lowest BCUT2D eigenvalue weighted by molar-refractivity contribution is -0.00614. The lowest BCUT2D eigenvalue weighted by atomic mass is 9.93. The van der Waals surface area contributed by atoms with Crippen LogP contribution in [0.3, 0.4) is 0 Å². The van der Waals surface area contributed by atoms with Crippen LogP contribution >= 0.6 is 0 Å². The van der Waals surface area contributed by atoms with Gasteiger partial charge in [-0.1, -0.05) is 6.92 Å². The van der Waals surface area contributed by atoms with Crippen LogP contribution in [0.2, 0.25) is 0 Å². The Morgan fingerprint density at radius 3 is 2.00 bits per heavy atom. The topological polar surface area (TPSA) is 9.23 Å². The summed E-state index contributed by atoms with van der Waals surface area (Å²) in [5.41, 5.74) is -0.655. The number of hydrogen-bond acceptors (Lipinski definition) is 1. The summed E-state index contributed by atoms with van der Waals surface area (Å²) in [6.07, 6.45) is 0.582. The summed E-state index contributed by atoms with van der Waals surface area (Å²) in [5, 5.41) is 0. The van der Waals surface area contributed by atoms with Crippen molar-refractivity contribution in [3.63, 3.8) is 0 Å². The molecule has 11 heavy (non-hydrogen) atoms. The normalized spacial score (nSPS) is 13.6. The van der Waals surface area contributed by atoms with Crippen LogP contribution in [0.4, 0.5) is 12.9 Å². The first-order valence-corrected chi connectivity index (χ1v) is 3.62. The largest absolute Gasteiger partial charge is 0.503 e. The van der Waals surface area contributed by atoms with Gasteiger partial charge >= 0.3 is 6.98 Å². The second kappa shape index (κ2) is 3.47. The Bertz CT molecular complexity index is 121. The van der Waals surface area contributed by atoms with Crippen LogP contribution in [0.1, 0.15) is 27.2 Å². The van der Waals surface area contributed by atoms with Crippen LogP contribution in [0.25, 0.3) is 0 Å². The minimum Gasteiger partial charge on any atom is -0.447 e. The molecule has 0 aromatic rings. The van der Waals surface area contributed by atoms with E-state index in [-0.39, 0.29) is 0 Å². The summed E-state index contributed by atoms with van der Waals surface area (Å²) in [6, 6.07) is 0. The average Bonchev–Trinajstić information content (AvgIpc) is 1.83. The molecule has 0 radical (unpaired) electrons. The van der Waals surface area contributed by atoms with E-state index in [1.807, 2.05) is 0 Å². The molecule has 0 N–H and O–H groups in total. The maximum absolute atomic E-state index is 11.7. The molecule has 0 aromatic heterocycles. The van der Waals surface area contributed by atoms with Crippen molar-refractivity contribution >= 4 is 6.98 Å². The number of rotatable bonds is 4. The van der Waals surface area contributed by atoms with Crippen molar-refractivity contribution < 1.29 is 17.7 Å². The van der Waals surface area contributed by atoms with Gasteiger partial charge in [0.1, 0.15) is 0 Å². The third kappa shape index (κ3) is 6.22. The molecule has 0 fully saturated rings. The highest BCUT2D eigenvalue weighted by atomic mass is 19.4. The van der Waals surface area contributed by atoms with Gasteiger partial charge in [-0.15, -0.1) is 0 Å². The summed E-state index contributed by atoms with van der Waals surface area (Å²) in [4.78, 5) is 0. The lowest BCUT2D eigenvalue weighted by Crippen LogP contribution is -2.33. The molecule has 0 aromatic carbocycles. The van der Waals surface area contributed by atoms with E-state index in [2.05, 4.69) is 4.74 Å². The van der Waals surface area contributed by atoms with Gasteiger partial charge < -0.3 is 17.7 Å². The van der Waals surface area contributed by atoms with Gasteiger partial charge in [-0.25, -0.2) is 0 Å². The second-order valence-corrected chi connectivity index (χ2v) is 3.13. The van der Waals surface area contributed by atoms with Gasteiger partial charge in [0.25, 0.3) is 0 Å². The van der Waals surface area contributed by atoms with Crippen LogP contribution < -0.4 is 0 Å². The van der Waals surface area contributed by atoms with Crippen LogP contribution in [0.15, 0.2) is 0 Å². The lowest BCUT2D eigenvalue weighted by Gasteiger charge is -2.27. The van der Waals surface area contributed by atoms with Crippen LogP contribution in [-0.4, -0.2) is 19.1 Å². The van der Waals surface area contributed by atoms with Crippen molar-refractivity contribution in [2.24, 2.45) is 0 Å². The van der Waals surface area contributed by atoms with Gasteiger partial charge in [0.2, 0.25) is 0 Å². The van der Waals surface area contributed by atoms with Crippen molar-refractivity contribution in [1.82, 2.24) is 0 Å². The summed E-state index contributed by atoms with van der Waals surface area (Å²) in [6.45, 7) is -0.802. The molecule has 0 bridgehead atoms. The Kier molecular flexibility index (Phi) is 3.42. The first-order valence-electron chi connectivity index (χ1n) is 3.62. The zero-order valence-corrected chi connectivity index (χ0v) is 7.03. The molecule has 0 aliphatic carbocycles. The van der Waals surface area contributed by atoms with E-state index >= 15 is 0 Å². The van der Waals surface area contributed by atoms with E-state index in [9.17, 15) is 12.9 Å². The molecule has 0 atom stereocenters. The summed E-state index contributed by atoms with van der Waals surface area (Å²) >= 11 is 0. The SMILES string of the molecule is CCC(C)(C)OC[B-](F)(F)F. The molecule has 0 rings (SSSR count). The molecule has 0 heterocycles. The van der Waals surface area contributed by atoms with Crippen molar-refractivity contribution in [3.05, 3.63) is 0 Å². The maximum atomic E-state index is 11.7. The number of hydrogen-bond donors (Lipinski definition) is 0. The fraction of sp³-hybridized carbons (Fsp3) is 1.00. The highest BCUT2D eigenvalue weighted by Crippen LogP contribution is 2.17. The third-order valence-corrected chi connectivity index (χ3v) is 1.51. The molecule has 0 aliphatic rings. The van der Waals surface area contributed by atoms with Crippen molar-refractivity contribution in [1.29, 1.82) is 0 Å². The number of halogens is 3. The number of ether oxygens (including phenoxy) is 1. The van der Waals surface area contributed by atoms with Crippen LogP contribution in [-0.2, 0) is 4.74 Å². The summed E-state index contributed by atoms with van der Waals surface area (Å²) < 4.78 is 39.6. The predicted molar refractivity (Wildman–Crippen MR) is 39.4 cm³/mol. The second-order valence-electron chi connectivity index (χ2n) is 3.13. The van der Waals surface area contributed by atoms with Crippen LogP contribution in [0, 0.1) is 0 Å². The fourth-order valence-corrected chi connectivity index (χ4v) is 0.422. The minimum atomic E-state index is -4.80. The molecule has 0 unspecified atom stereocenters. The first kappa shape index (κ1) is 10.8. The first-order chi connectivity index (χ1) is 4.77. The monoisotopic (exact) mass is 169 g/mol. The molecule has 5 heteroatoms. The van der Waals surface area contributed by atoms with Gasteiger partial charge in [-0.05, 0) is 20.3 Å². The van der Waals surface area contributed by atoms with Gasteiger partial charge in [0.15, 0.2) is 0 Å². The average molecular weight is 169 g/mol. The minimum absolute atomic E-state index is 0.582. The Morgan fingerprint density at radius 1 is 1.27 bits per heavy atom. The predicted octanol–water partition coefficient (Wildman–Crippen LogP) is 2.58. The van der Waals surface area contributed by atoms with E-state index in [4.69, 9.17) is 0 Å². The quantitative estimate of drug-likeness (QED) is 0.587. The zero-order chi connectivity index (χ0) is 9.12. The van der Waals surface area contributed by atoms with Gasteiger partial charge in [-0.3, -0.25) is 0 Å². The molecule has 0 saturated heterocycles. The standard InChI is InChI=1S/C6H13BF3O/c1-4-6(2,3)11-5-7(8,9)10/h4-5H2,1-3H3/q-1. The Balaban J connectivity index is 3.70. The molecular weight excluding hydrogens is 156 g/mol. The highest BCUT2D eigenvalue weighted by molar-refractivity contribution is 6.58. The van der Waals surface area contributed by atoms with Crippen LogP contribution in [0.5, 0.6) is 0 Å². The smallest absolute Gasteiger partial charge is 0.447 e. The van der Waals surface area contributed by atoms with E-state index in [1.165, 1.54) is 0 Å². The summed E-state index contributed by atoms with van der Waals surface area (Å²) in [5.74, 6) is 0. The third-order valence-electron chi connectivity index (χ3n) is 1.51. The Labute approximate surface area is 65.0 Å². The molecular formula is C6H13BF3O-. The van der Waals surface area contributed by atoms with E-state index in [0.29, 0.717) is 6.42 Å². The molecule has 68 valence electrons.